The maximum absolute atomic E-state index is 11.3. The van der Waals surface area contributed by atoms with Gasteiger partial charge in [0.1, 0.15) is 0 Å². The molecule has 2 atom stereocenters. The van der Waals surface area contributed by atoms with Crippen molar-refractivity contribution >= 4 is 14.3 Å². The highest BCUT2D eigenvalue weighted by molar-refractivity contribution is 6.74. The molecule has 0 radical (unpaired) electrons. The Morgan fingerprint density at radius 1 is 1.27 bits per heavy atom. The quantitative estimate of drug-likeness (QED) is 0.397. The van der Waals surface area contributed by atoms with E-state index in [1.165, 1.54) is 7.11 Å². The maximum atomic E-state index is 11.3. The summed E-state index contributed by atoms with van der Waals surface area (Å²) < 4.78 is 10.8. The molecule has 0 aromatic rings. The van der Waals surface area contributed by atoms with E-state index in [9.17, 15) is 9.90 Å². The third-order valence-electron chi connectivity index (χ3n) is 5.31. The molecule has 0 aliphatic carbocycles. The summed E-state index contributed by atoms with van der Waals surface area (Å²) in [5.41, 5.74) is 0.810. The summed E-state index contributed by atoms with van der Waals surface area (Å²) in [4.78, 5) is 11.3. The van der Waals surface area contributed by atoms with Crippen LogP contribution in [0.5, 0.6) is 0 Å². The molecule has 5 heteroatoms. The van der Waals surface area contributed by atoms with E-state index in [2.05, 4.69) is 52.1 Å². The normalized spacial score (nSPS) is 15.5. The second-order valence-electron chi connectivity index (χ2n) is 7.50. The molecule has 1 N–H and O–H groups in total. The fourth-order valence-electron chi connectivity index (χ4n) is 2.00. The van der Waals surface area contributed by atoms with E-state index < -0.39 is 20.4 Å². The molecule has 0 heterocycles. The average molecular weight is 331 g/mol. The van der Waals surface area contributed by atoms with Gasteiger partial charge in [-0.2, -0.15) is 0 Å². The first-order valence-corrected chi connectivity index (χ1v) is 10.8. The summed E-state index contributed by atoms with van der Waals surface area (Å²) in [6.45, 7) is 20.0. The van der Waals surface area contributed by atoms with Crippen molar-refractivity contribution in [2.75, 3.05) is 13.7 Å². The molecule has 0 unspecified atom stereocenters. The summed E-state index contributed by atoms with van der Waals surface area (Å²) in [5.74, 6) is 0.0211. The third kappa shape index (κ3) is 5.52. The molecular formula is C17H34O4Si. The highest BCUT2D eigenvalue weighted by Gasteiger charge is 2.43. The lowest BCUT2D eigenvalue weighted by molar-refractivity contribution is -0.150. The first-order valence-electron chi connectivity index (χ1n) is 7.94. The van der Waals surface area contributed by atoms with Crippen LogP contribution in [0.15, 0.2) is 12.2 Å². The van der Waals surface area contributed by atoms with Gasteiger partial charge in [-0.3, -0.25) is 0 Å². The van der Waals surface area contributed by atoms with E-state index in [1.54, 1.807) is 0 Å². The van der Waals surface area contributed by atoms with Crippen molar-refractivity contribution < 1.29 is 19.1 Å². The van der Waals surface area contributed by atoms with Crippen molar-refractivity contribution in [2.24, 2.45) is 11.8 Å². The van der Waals surface area contributed by atoms with Gasteiger partial charge < -0.3 is 14.3 Å². The number of rotatable bonds is 9. The predicted molar refractivity (Wildman–Crippen MR) is 93.3 cm³/mol. The molecule has 0 bridgehead atoms. The molecule has 0 aliphatic rings. The number of ether oxygens (including phenoxy) is 1. The summed E-state index contributed by atoms with van der Waals surface area (Å²) >= 11 is 0. The molecule has 0 fully saturated rings. The van der Waals surface area contributed by atoms with Crippen molar-refractivity contribution in [3.8, 4) is 0 Å². The predicted octanol–water partition coefficient (Wildman–Crippen LogP) is 3.76. The summed E-state index contributed by atoms with van der Waals surface area (Å²) in [5, 5.41) is 9.87. The Hall–Kier alpha value is -0.653. The van der Waals surface area contributed by atoms with E-state index in [0.717, 1.165) is 5.57 Å². The van der Waals surface area contributed by atoms with Crippen LogP contribution in [0.3, 0.4) is 0 Å². The number of hydrogen-bond acceptors (Lipinski definition) is 4. The zero-order valence-corrected chi connectivity index (χ0v) is 16.5. The minimum atomic E-state index is -1.87. The lowest BCUT2D eigenvalue weighted by atomic mass is 9.98. The first-order chi connectivity index (χ1) is 9.86. The molecule has 22 heavy (non-hydrogen) atoms. The zero-order chi connectivity index (χ0) is 17.7. The van der Waals surface area contributed by atoms with Crippen molar-refractivity contribution in [1.29, 1.82) is 0 Å². The van der Waals surface area contributed by atoms with Gasteiger partial charge in [-0.25, -0.2) is 4.79 Å². The number of esters is 1. The van der Waals surface area contributed by atoms with Gasteiger partial charge >= 0.3 is 5.97 Å². The second-order valence-corrected chi connectivity index (χ2v) is 12.1. The molecule has 0 amide bonds. The van der Waals surface area contributed by atoms with Crippen LogP contribution in [-0.2, 0) is 14.0 Å². The zero-order valence-electron chi connectivity index (χ0n) is 15.5. The minimum Gasteiger partial charge on any atom is -0.467 e. The fourth-order valence-corrected chi connectivity index (χ4v) is 4.43. The van der Waals surface area contributed by atoms with E-state index in [0.29, 0.717) is 12.5 Å². The number of carbonyl (C=O) groups is 1. The van der Waals surface area contributed by atoms with Gasteiger partial charge in [0, 0.05) is 13.0 Å². The van der Waals surface area contributed by atoms with Crippen LogP contribution in [0.25, 0.3) is 0 Å². The number of hydrogen-bond donors (Lipinski definition) is 1. The molecule has 0 aromatic heterocycles. The topological polar surface area (TPSA) is 55.8 Å². The lowest BCUT2D eigenvalue weighted by Gasteiger charge is -2.43. The number of aliphatic hydroxyl groups excluding tert-OH is 1. The molecule has 130 valence electrons. The van der Waals surface area contributed by atoms with Gasteiger partial charge in [0.25, 0.3) is 0 Å². The Labute approximate surface area is 137 Å². The van der Waals surface area contributed by atoms with Crippen molar-refractivity contribution in [3.63, 3.8) is 0 Å². The Morgan fingerprint density at radius 2 is 1.77 bits per heavy atom. The fraction of sp³-hybridized carbons (Fsp3) is 0.824. The SMILES string of the molecule is C=C(C[C@H](O)C(=O)OC)[C@@H](C)CO[Si](C)(C)C(C)(C)C(C)C. The molecule has 0 spiro atoms. The molecule has 0 saturated carbocycles. The summed E-state index contributed by atoms with van der Waals surface area (Å²) in [7, 11) is -0.600. The van der Waals surface area contributed by atoms with Crippen LogP contribution in [-0.4, -0.2) is 39.2 Å². The van der Waals surface area contributed by atoms with Crippen LogP contribution in [0.1, 0.15) is 41.0 Å². The smallest absolute Gasteiger partial charge is 0.335 e. The molecule has 0 saturated heterocycles. The van der Waals surface area contributed by atoms with E-state index in [-0.39, 0.29) is 17.4 Å². The second kappa shape index (κ2) is 8.27. The van der Waals surface area contributed by atoms with Crippen molar-refractivity contribution in [3.05, 3.63) is 12.2 Å². The van der Waals surface area contributed by atoms with Crippen LogP contribution in [0.4, 0.5) is 0 Å². The lowest BCUT2D eigenvalue weighted by Crippen LogP contribution is -2.46. The van der Waals surface area contributed by atoms with Gasteiger partial charge in [-0.05, 0) is 30.0 Å². The number of aliphatic hydroxyl groups is 1. The van der Waals surface area contributed by atoms with Crippen LogP contribution in [0.2, 0.25) is 18.1 Å². The van der Waals surface area contributed by atoms with Gasteiger partial charge in [0.05, 0.1) is 7.11 Å². The highest BCUT2D eigenvalue weighted by atomic mass is 28.4. The summed E-state index contributed by atoms with van der Waals surface area (Å²) in [6, 6.07) is 0. The van der Waals surface area contributed by atoms with E-state index in [1.807, 2.05) is 6.92 Å². The highest BCUT2D eigenvalue weighted by Crippen LogP contribution is 2.44. The van der Waals surface area contributed by atoms with Gasteiger partial charge in [0.15, 0.2) is 14.4 Å². The van der Waals surface area contributed by atoms with Gasteiger partial charge in [-0.15, -0.1) is 0 Å². The van der Waals surface area contributed by atoms with Crippen molar-refractivity contribution in [2.45, 2.75) is 65.3 Å². The van der Waals surface area contributed by atoms with Crippen LogP contribution in [0, 0.1) is 11.8 Å². The number of carbonyl (C=O) groups excluding carboxylic acids is 1. The molecular weight excluding hydrogens is 296 g/mol. The Kier molecular flexibility index (Phi) is 8.02. The molecule has 4 nitrogen and oxygen atoms in total. The van der Waals surface area contributed by atoms with Gasteiger partial charge in [-0.1, -0.05) is 46.8 Å². The Morgan fingerprint density at radius 3 is 2.18 bits per heavy atom. The van der Waals surface area contributed by atoms with Gasteiger partial charge in [0.2, 0.25) is 0 Å². The largest absolute Gasteiger partial charge is 0.467 e. The van der Waals surface area contributed by atoms with E-state index in [4.69, 9.17) is 4.43 Å². The van der Waals surface area contributed by atoms with Crippen LogP contribution < -0.4 is 0 Å². The molecule has 0 rings (SSSR count). The Bertz CT molecular complexity index is 388. The monoisotopic (exact) mass is 330 g/mol. The minimum absolute atomic E-state index is 0.0917. The summed E-state index contributed by atoms with van der Waals surface area (Å²) in [6.07, 6.45) is -0.926. The van der Waals surface area contributed by atoms with Crippen LogP contribution >= 0.6 is 0 Å². The Balaban J connectivity index is 4.58. The van der Waals surface area contributed by atoms with E-state index >= 15 is 0 Å². The first kappa shape index (κ1) is 21.3. The third-order valence-corrected chi connectivity index (χ3v) is 9.88. The standard InChI is InChI=1S/C17H34O4Si/c1-12(2)17(5,6)22(8,9)21-11-14(4)13(3)10-15(18)16(19)20-7/h12,14-15,18H,3,10-11H2,1-2,4-9H3/t14-,15-/m0/s1. The number of methoxy groups -OCH3 is 1. The van der Waals surface area contributed by atoms with Crippen molar-refractivity contribution in [1.82, 2.24) is 0 Å². The average Bonchev–Trinajstić information content (AvgIpc) is 2.42. The molecule has 0 aromatic carbocycles. The maximum Gasteiger partial charge on any atom is 0.335 e. The molecule has 0 aliphatic heterocycles.